The highest BCUT2D eigenvalue weighted by Gasteiger charge is 2.36. The third-order valence-electron chi connectivity index (χ3n) is 10.7. The van der Waals surface area contributed by atoms with Crippen molar-refractivity contribution in [3.8, 4) is 11.1 Å². The number of benzene rings is 6. The van der Waals surface area contributed by atoms with Gasteiger partial charge in [-0.15, -0.1) is 0 Å². The molecule has 4 nitrogen and oxygen atoms in total. The van der Waals surface area contributed by atoms with Crippen molar-refractivity contribution in [2.24, 2.45) is 5.10 Å². The normalized spacial score (nSPS) is 16.2. The van der Waals surface area contributed by atoms with Crippen LogP contribution < -0.4 is 10.3 Å². The van der Waals surface area contributed by atoms with Crippen molar-refractivity contribution in [2.45, 2.75) is 44.9 Å². The number of rotatable bonds is 5. The maximum absolute atomic E-state index is 9.39. The van der Waals surface area contributed by atoms with Crippen LogP contribution in [0.4, 0.5) is 22.7 Å². The van der Waals surface area contributed by atoms with Gasteiger partial charge in [0, 0.05) is 28.0 Å². The zero-order valence-corrected chi connectivity index (χ0v) is 27.9. The number of nitrogens with zero attached hydrogens (tertiary/aromatic N) is 2. The van der Waals surface area contributed by atoms with Gasteiger partial charge < -0.3 is 4.90 Å². The minimum atomic E-state index is -0.104. The Bertz CT molecular complexity index is 2360. The summed E-state index contributed by atoms with van der Waals surface area (Å²) in [6.07, 6.45) is 8.30. The molecule has 3 aliphatic carbocycles. The maximum atomic E-state index is 9.39. The summed E-state index contributed by atoms with van der Waals surface area (Å²) < 4.78 is 0. The van der Waals surface area contributed by atoms with E-state index in [1.807, 2.05) is 30.3 Å². The van der Waals surface area contributed by atoms with Gasteiger partial charge >= 0.3 is 0 Å². The third-order valence-corrected chi connectivity index (χ3v) is 10.7. The van der Waals surface area contributed by atoms with Gasteiger partial charge in [-0.25, -0.2) is 0 Å². The number of nitrogens with one attached hydrogen (secondary N) is 2. The SMILES string of the molecule is CC1(C)c2ccccc2-c2ccc(N(c3ccc4c(c3)C=CCC4)c3ccc4ccc5c(c4c3)C(=N)/C(=N\Nc3ccccc3)CC5)cc21. The van der Waals surface area contributed by atoms with Crippen molar-refractivity contribution in [1.29, 1.82) is 5.41 Å². The van der Waals surface area contributed by atoms with E-state index in [4.69, 9.17) is 5.10 Å². The Morgan fingerprint density at radius 2 is 1.39 bits per heavy atom. The second kappa shape index (κ2) is 11.5. The van der Waals surface area contributed by atoms with Crippen LogP contribution in [-0.4, -0.2) is 11.4 Å². The van der Waals surface area contributed by atoms with E-state index in [2.05, 4.69) is 127 Å². The molecule has 3 aliphatic rings. The number of allylic oxidation sites excluding steroid dienone is 1. The summed E-state index contributed by atoms with van der Waals surface area (Å²) in [7, 11) is 0. The lowest BCUT2D eigenvalue weighted by molar-refractivity contribution is 0.660. The zero-order chi connectivity index (χ0) is 33.1. The fourth-order valence-electron chi connectivity index (χ4n) is 8.11. The fraction of sp³-hybridized carbons (Fsp3) is 0.156. The molecule has 0 radical (unpaired) electrons. The number of hydrazone groups is 1. The smallest absolute Gasteiger partial charge is 0.0865 e. The second-order valence-corrected chi connectivity index (χ2v) is 14.0. The maximum Gasteiger partial charge on any atom is 0.0865 e. The van der Waals surface area contributed by atoms with Gasteiger partial charge in [0.05, 0.1) is 17.1 Å². The minimum absolute atomic E-state index is 0.104. The van der Waals surface area contributed by atoms with Crippen LogP contribution in [-0.2, 0) is 18.3 Å². The Morgan fingerprint density at radius 3 is 2.29 bits per heavy atom. The molecule has 0 aliphatic heterocycles. The first-order valence-corrected chi connectivity index (χ1v) is 17.3. The number of anilines is 4. The Morgan fingerprint density at radius 1 is 0.673 bits per heavy atom. The Hall–Kier alpha value is -5.74. The van der Waals surface area contributed by atoms with E-state index < -0.39 is 0 Å². The van der Waals surface area contributed by atoms with Crippen LogP contribution in [0.25, 0.3) is 28.0 Å². The van der Waals surface area contributed by atoms with E-state index in [1.54, 1.807) is 0 Å². The van der Waals surface area contributed by atoms with Crippen LogP contribution in [0.5, 0.6) is 0 Å². The highest BCUT2D eigenvalue weighted by Crippen LogP contribution is 2.51. The summed E-state index contributed by atoms with van der Waals surface area (Å²) in [4.78, 5) is 2.40. The third kappa shape index (κ3) is 4.90. The molecule has 0 atom stereocenters. The first-order chi connectivity index (χ1) is 24.0. The molecule has 2 N–H and O–H groups in total. The van der Waals surface area contributed by atoms with Crippen LogP contribution in [0, 0.1) is 5.41 Å². The molecule has 0 spiro atoms. The predicted octanol–water partition coefficient (Wildman–Crippen LogP) is 11.4. The van der Waals surface area contributed by atoms with Gasteiger partial charge in [-0.2, -0.15) is 5.10 Å². The van der Waals surface area contributed by atoms with E-state index >= 15 is 0 Å². The van der Waals surface area contributed by atoms with Crippen molar-refractivity contribution in [1.82, 2.24) is 0 Å². The van der Waals surface area contributed by atoms with E-state index in [9.17, 15) is 5.41 Å². The molecule has 9 rings (SSSR count). The van der Waals surface area contributed by atoms with E-state index in [0.29, 0.717) is 5.71 Å². The highest BCUT2D eigenvalue weighted by molar-refractivity contribution is 6.50. The molecule has 0 unspecified atom stereocenters. The van der Waals surface area contributed by atoms with Crippen LogP contribution in [0.1, 0.15) is 60.1 Å². The molecule has 6 aromatic carbocycles. The fourth-order valence-corrected chi connectivity index (χ4v) is 8.11. The molecule has 0 aromatic heterocycles. The van der Waals surface area contributed by atoms with Crippen molar-refractivity contribution >= 4 is 51.0 Å². The molecular formula is C45H38N4. The van der Waals surface area contributed by atoms with Gasteiger partial charge in [-0.1, -0.05) is 98.8 Å². The molecule has 0 saturated heterocycles. The lowest BCUT2D eigenvalue weighted by Crippen LogP contribution is -2.24. The van der Waals surface area contributed by atoms with Crippen molar-refractivity contribution in [3.05, 3.63) is 161 Å². The number of hydrogen-bond acceptors (Lipinski definition) is 4. The van der Waals surface area contributed by atoms with Crippen LogP contribution in [0.15, 0.2) is 133 Å². The number of hydrogen-bond donors (Lipinski definition) is 2. The van der Waals surface area contributed by atoms with Crippen molar-refractivity contribution < 1.29 is 0 Å². The zero-order valence-electron chi connectivity index (χ0n) is 27.9. The summed E-state index contributed by atoms with van der Waals surface area (Å²) in [5, 5.41) is 16.3. The molecule has 0 bridgehead atoms. The molecule has 49 heavy (non-hydrogen) atoms. The first-order valence-electron chi connectivity index (χ1n) is 17.3. The first kappa shape index (κ1) is 29.4. The van der Waals surface area contributed by atoms with Crippen LogP contribution in [0.3, 0.4) is 0 Å². The lowest BCUT2D eigenvalue weighted by atomic mass is 9.82. The molecule has 6 aromatic rings. The monoisotopic (exact) mass is 634 g/mol. The molecule has 4 heteroatoms. The average molecular weight is 635 g/mol. The largest absolute Gasteiger partial charge is 0.310 e. The molecule has 0 heterocycles. The second-order valence-electron chi connectivity index (χ2n) is 14.0. The van der Waals surface area contributed by atoms with Crippen molar-refractivity contribution in [3.63, 3.8) is 0 Å². The molecule has 0 fully saturated rings. The Balaban J connectivity index is 1.19. The van der Waals surface area contributed by atoms with Gasteiger partial charge in [0.1, 0.15) is 0 Å². The van der Waals surface area contributed by atoms with E-state index in [-0.39, 0.29) is 5.41 Å². The van der Waals surface area contributed by atoms with Crippen LogP contribution in [0.2, 0.25) is 0 Å². The molecule has 0 saturated carbocycles. The average Bonchev–Trinajstić information content (AvgIpc) is 3.37. The Kier molecular flexibility index (Phi) is 6.87. The summed E-state index contributed by atoms with van der Waals surface area (Å²) in [5.74, 6) is 0. The summed E-state index contributed by atoms with van der Waals surface area (Å²) in [6, 6.07) is 43.8. The van der Waals surface area contributed by atoms with E-state index in [1.165, 1.54) is 38.9 Å². The lowest BCUT2D eigenvalue weighted by Gasteiger charge is -2.29. The van der Waals surface area contributed by atoms with E-state index in [0.717, 1.165) is 70.5 Å². The van der Waals surface area contributed by atoms with Crippen molar-refractivity contribution in [2.75, 3.05) is 10.3 Å². The molecule has 0 amide bonds. The molecular weight excluding hydrogens is 597 g/mol. The van der Waals surface area contributed by atoms with Gasteiger partial charge in [-0.3, -0.25) is 10.8 Å². The minimum Gasteiger partial charge on any atom is -0.310 e. The van der Waals surface area contributed by atoms with Gasteiger partial charge in [0.2, 0.25) is 0 Å². The van der Waals surface area contributed by atoms with Gasteiger partial charge in [0.25, 0.3) is 0 Å². The number of fused-ring (bicyclic) bond motifs is 7. The highest BCUT2D eigenvalue weighted by atomic mass is 15.3. The summed E-state index contributed by atoms with van der Waals surface area (Å²) >= 11 is 0. The Labute approximate surface area is 288 Å². The molecule has 238 valence electrons. The summed E-state index contributed by atoms with van der Waals surface area (Å²) in [5.41, 5.74) is 18.9. The predicted molar refractivity (Wildman–Crippen MR) is 206 cm³/mol. The number of para-hydroxylation sites is 1. The van der Waals surface area contributed by atoms with Crippen LogP contribution >= 0.6 is 0 Å². The van der Waals surface area contributed by atoms with Gasteiger partial charge in [0.15, 0.2) is 0 Å². The summed E-state index contributed by atoms with van der Waals surface area (Å²) in [6.45, 7) is 4.68. The number of aryl methyl sites for hydroxylation is 2. The topological polar surface area (TPSA) is 51.5 Å². The standard InChI is InChI=1S/C45H38N4/c1-45(2)40-15-9-8-14-37(40)38-24-23-36(28-41(38)45)49(34-21-18-29-10-6-7-11-32(29)26-34)35-22-19-30-16-17-31-20-25-42(44(46)43(31)39(30)27-35)48-47-33-12-4-3-5-13-33/h3-5,7-9,11-19,21-24,26-28,46-47H,6,10,20,25H2,1-2H3/b46-44?,48-42-. The van der Waals surface area contributed by atoms with Gasteiger partial charge in [-0.05, 0) is 124 Å². The quantitative estimate of drug-likeness (QED) is 0.185.